The highest BCUT2D eigenvalue weighted by atomic mass is 32.1. The van der Waals surface area contributed by atoms with Gasteiger partial charge in [0.1, 0.15) is 10.8 Å². The first-order chi connectivity index (χ1) is 14.5. The molecule has 1 aliphatic heterocycles. The minimum atomic E-state index is -0.418. The molecule has 2 aromatic heterocycles. The van der Waals surface area contributed by atoms with Gasteiger partial charge in [-0.05, 0) is 61.4 Å². The van der Waals surface area contributed by atoms with Gasteiger partial charge in [0.05, 0.1) is 18.3 Å². The van der Waals surface area contributed by atoms with Gasteiger partial charge >= 0.3 is 6.03 Å². The van der Waals surface area contributed by atoms with Gasteiger partial charge in [0.25, 0.3) is 0 Å². The Morgan fingerprint density at radius 1 is 1.13 bits per heavy atom. The van der Waals surface area contributed by atoms with Crippen LogP contribution in [-0.4, -0.2) is 15.5 Å². The first kappa shape index (κ1) is 19.4. The molecule has 0 spiro atoms. The number of nitrogens with zero attached hydrogens (tertiary/aromatic N) is 2. The fourth-order valence-electron chi connectivity index (χ4n) is 4.87. The Morgan fingerprint density at radius 2 is 1.93 bits per heavy atom. The second-order valence-electron chi connectivity index (χ2n) is 8.52. The van der Waals surface area contributed by atoms with Gasteiger partial charge in [0, 0.05) is 22.3 Å². The number of carbonyl (C=O) groups is 1. The van der Waals surface area contributed by atoms with E-state index in [9.17, 15) is 9.18 Å². The first-order valence-electron chi connectivity index (χ1n) is 10.7. The number of amides is 2. The van der Waals surface area contributed by atoms with Crippen molar-refractivity contribution in [3.05, 3.63) is 70.1 Å². The predicted molar refractivity (Wildman–Crippen MR) is 119 cm³/mol. The fourth-order valence-corrected chi connectivity index (χ4v) is 6.28. The van der Waals surface area contributed by atoms with Crippen LogP contribution in [0.25, 0.3) is 5.00 Å². The summed E-state index contributed by atoms with van der Waals surface area (Å²) in [5.41, 5.74) is 4.02. The van der Waals surface area contributed by atoms with Crippen LogP contribution in [-0.2, 0) is 19.4 Å². The van der Waals surface area contributed by atoms with E-state index in [4.69, 9.17) is 0 Å². The lowest BCUT2D eigenvalue weighted by molar-refractivity contribution is 0.161. The van der Waals surface area contributed by atoms with Crippen molar-refractivity contribution in [3.63, 3.8) is 0 Å². The Kier molecular flexibility index (Phi) is 4.89. The van der Waals surface area contributed by atoms with Gasteiger partial charge in [0.2, 0.25) is 0 Å². The van der Waals surface area contributed by atoms with E-state index in [0.717, 1.165) is 18.5 Å². The molecule has 0 bridgehead atoms. The Bertz CT molecular complexity index is 1100. The molecule has 3 heterocycles. The summed E-state index contributed by atoms with van der Waals surface area (Å²) >= 11 is 1.88. The van der Waals surface area contributed by atoms with E-state index in [-0.39, 0.29) is 23.7 Å². The number of hydrogen-bond acceptors (Lipinski definition) is 2. The van der Waals surface area contributed by atoms with Crippen LogP contribution in [0, 0.1) is 11.7 Å². The van der Waals surface area contributed by atoms with Crippen molar-refractivity contribution >= 4 is 23.1 Å². The molecule has 1 N–H and O–H groups in total. The van der Waals surface area contributed by atoms with Crippen LogP contribution in [0.2, 0.25) is 0 Å². The number of thiophene rings is 1. The highest BCUT2D eigenvalue weighted by Gasteiger charge is 2.36. The maximum Gasteiger partial charge on any atom is 0.322 e. The molecule has 0 radical (unpaired) electrons. The lowest BCUT2D eigenvalue weighted by Gasteiger charge is -2.33. The Hall–Kier alpha value is -2.60. The van der Waals surface area contributed by atoms with Crippen LogP contribution in [0.1, 0.15) is 54.4 Å². The zero-order chi connectivity index (χ0) is 20.8. The number of hydrogen-bond donors (Lipinski definition) is 1. The quantitative estimate of drug-likeness (QED) is 0.516. The van der Waals surface area contributed by atoms with E-state index >= 15 is 0 Å². The molecule has 5 rings (SSSR count). The average Bonchev–Trinajstić information content (AvgIpc) is 3.31. The van der Waals surface area contributed by atoms with Crippen molar-refractivity contribution in [2.24, 2.45) is 5.92 Å². The van der Waals surface area contributed by atoms with Gasteiger partial charge in [-0.3, -0.25) is 0 Å². The van der Waals surface area contributed by atoms with E-state index in [1.807, 2.05) is 16.2 Å². The summed E-state index contributed by atoms with van der Waals surface area (Å²) in [4.78, 5) is 16.8. The lowest BCUT2D eigenvalue weighted by atomic mass is 9.94. The van der Waals surface area contributed by atoms with Gasteiger partial charge in [-0.25, -0.2) is 9.18 Å². The second kappa shape index (κ2) is 7.58. The number of halogens is 1. The number of rotatable bonds is 2. The monoisotopic (exact) mass is 423 g/mol. The van der Waals surface area contributed by atoms with Crippen molar-refractivity contribution in [1.29, 1.82) is 0 Å². The summed E-state index contributed by atoms with van der Waals surface area (Å²) in [7, 11) is 0. The molecule has 0 saturated carbocycles. The first-order valence-corrected chi connectivity index (χ1v) is 11.5. The largest absolute Gasteiger partial charge is 0.322 e. The smallest absolute Gasteiger partial charge is 0.311 e. The Labute approximate surface area is 180 Å². The average molecular weight is 424 g/mol. The van der Waals surface area contributed by atoms with Crippen LogP contribution in [0.15, 0.2) is 42.6 Å². The molecular weight excluding hydrogens is 397 g/mol. The summed E-state index contributed by atoms with van der Waals surface area (Å²) in [6.07, 6.45) is 6.75. The number of para-hydroxylation sites is 1. The fraction of sp³-hybridized carbons (Fsp3) is 0.375. The highest BCUT2D eigenvalue weighted by Crippen LogP contribution is 2.44. The number of aryl methyl sites for hydroxylation is 1. The summed E-state index contributed by atoms with van der Waals surface area (Å²) in [5, 5.41) is 4.07. The molecule has 0 saturated heterocycles. The number of carbonyl (C=O) groups excluding carboxylic acids is 1. The normalized spacial score (nSPS) is 17.9. The van der Waals surface area contributed by atoms with Crippen molar-refractivity contribution in [2.75, 3.05) is 5.32 Å². The molecule has 1 atom stereocenters. The standard InChI is InChI=1S/C24H26FN3OS/c1-15(2)22-20-11-7-13-27(20)23-17(16-8-3-6-12-21(16)30-23)14-28(22)24(29)26-19-10-5-4-9-18(19)25/h4-5,7,9-11,13,15,22H,3,6,8,12,14H2,1-2H3,(H,26,29)/t22-/m1/s1. The van der Waals surface area contributed by atoms with Gasteiger partial charge in [-0.2, -0.15) is 0 Å². The van der Waals surface area contributed by atoms with Crippen molar-refractivity contribution in [3.8, 4) is 5.00 Å². The van der Waals surface area contributed by atoms with Gasteiger partial charge < -0.3 is 14.8 Å². The second-order valence-corrected chi connectivity index (χ2v) is 9.61. The number of aromatic nitrogens is 1. The summed E-state index contributed by atoms with van der Waals surface area (Å²) in [6, 6.07) is 10.2. The molecule has 4 nitrogen and oxygen atoms in total. The van der Waals surface area contributed by atoms with E-state index in [2.05, 4.69) is 42.1 Å². The molecule has 0 unspecified atom stereocenters. The topological polar surface area (TPSA) is 37.3 Å². The molecule has 30 heavy (non-hydrogen) atoms. The van der Waals surface area contributed by atoms with E-state index in [1.165, 1.54) is 39.9 Å². The predicted octanol–water partition coefficient (Wildman–Crippen LogP) is 6.30. The number of benzene rings is 1. The molecule has 156 valence electrons. The highest BCUT2D eigenvalue weighted by molar-refractivity contribution is 7.15. The third-order valence-corrected chi connectivity index (χ3v) is 7.57. The molecule has 2 aliphatic rings. The van der Waals surface area contributed by atoms with E-state index in [0.29, 0.717) is 6.54 Å². The molecule has 2 amide bonds. The summed E-state index contributed by atoms with van der Waals surface area (Å²) < 4.78 is 16.5. The zero-order valence-electron chi connectivity index (χ0n) is 17.3. The van der Waals surface area contributed by atoms with Crippen molar-refractivity contribution < 1.29 is 9.18 Å². The lowest BCUT2D eigenvalue weighted by Crippen LogP contribution is -2.39. The minimum Gasteiger partial charge on any atom is -0.311 e. The molecule has 0 fully saturated rings. The van der Waals surface area contributed by atoms with Crippen molar-refractivity contribution in [1.82, 2.24) is 9.47 Å². The van der Waals surface area contributed by atoms with Crippen molar-refractivity contribution in [2.45, 2.75) is 52.1 Å². The SMILES string of the molecule is CC(C)[C@@H]1c2cccn2-c2sc3c(c2CN1C(=O)Nc1ccccc1F)CCCC3. The number of fused-ring (bicyclic) bond motifs is 5. The number of anilines is 1. The van der Waals surface area contributed by atoms with Gasteiger partial charge in [0.15, 0.2) is 0 Å². The third kappa shape index (κ3) is 3.14. The van der Waals surface area contributed by atoms with Gasteiger partial charge in [-0.1, -0.05) is 26.0 Å². The minimum absolute atomic E-state index is 0.0920. The molecule has 3 aromatic rings. The van der Waals surface area contributed by atoms with Crippen LogP contribution in [0.4, 0.5) is 14.9 Å². The number of urea groups is 1. The summed E-state index contributed by atoms with van der Waals surface area (Å²) in [5.74, 6) is -0.200. The van der Waals surface area contributed by atoms with Gasteiger partial charge in [-0.15, -0.1) is 11.3 Å². The molecule has 6 heteroatoms. The summed E-state index contributed by atoms with van der Waals surface area (Å²) in [6.45, 7) is 4.83. The third-order valence-electron chi connectivity index (χ3n) is 6.23. The Morgan fingerprint density at radius 3 is 2.73 bits per heavy atom. The van der Waals surface area contributed by atoms with E-state index in [1.54, 1.807) is 18.2 Å². The van der Waals surface area contributed by atoms with Crippen LogP contribution >= 0.6 is 11.3 Å². The van der Waals surface area contributed by atoms with Crippen LogP contribution in [0.3, 0.4) is 0 Å². The Balaban J connectivity index is 1.61. The van der Waals surface area contributed by atoms with Crippen LogP contribution < -0.4 is 5.32 Å². The van der Waals surface area contributed by atoms with Crippen LogP contribution in [0.5, 0.6) is 0 Å². The van der Waals surface area contributed by atoms with E-state index < -0.39 is 5.82 Å². The molecule has 1 aliphatic carbocycles. The molecule has 1 aromatic carbocycles. The maximum absolute atomic E-state index is 14.2. The molecular formula is C24H26FN3OS. The zero-order valence-corrected chi connectivity index (χ0v) is 18.1. The number of nitrogens with one attached hydrogen (secondary N) is 1. The maximum atomic E-state index is 14.2.